The number of amides is 3. The summed E-state index contributed by atoms with van der Waals surface area (Å²) in [6.07, 6.45) is -1.40. The second-order valence-corrected chi connectivity index (χ2v) is 11.4. The van der Waals surface area contributed by atoms with Crippen LogP contribution in [-0.4, -0.2) is 124 Å². The number of urea groups is 1. The number of alkyl halides is 6. The number of fused-ring (bicyclic) bond motifs is 1. The fraction of sp³-hybridized carbons (Fsp3) is 0.667. The van der Waals surface area contributed by atoms with E-state index in [1.807, 2.05) is 34.0 Å². The van der Waals surface area contributed by atoms with Crippen LogP contribution >= 0.6 is 0 Å². The molecule has 5 heterocycles. The van der Waals surface area contributed by atoms with Crippen molar-refractivity contribution in [1.82, 2.24) is 24.6 Å². The van der Waals surface area contributed by atoms with E-state index in [0.717, 1.165) is 84.5 Å². The van der Waals surface area contributed by atoms with Crippen LogP contribution in [0, 0.1) is 10.8 Å². The van der Waals surface area contributed by atoms with Crippen molar-refractivity contribution in [2.45, 2.75) is 51.0 Å². The topological polar surface area (TPSA) is 135 Å². The zero-order valence-electron chi connectivity index (χ0n) is 24.0. The van der Waals surface area contributed by atoms with Gasteiger partial charge in [-0.2, -0.15) is 26.3 Å². The van der Waals surface area contributed by atoms with Gasteiger partial charge in [0.05, 0.1) is 5.41 Å². The number of carbonyl (C=O) groups is 4. The zero-order valence-corrected chi connectivity index (χ0v) is 24.0. The Morgan fingerprint density at radius 2 is 1.39 bits per heavy atom. The Morgan fingerprint density at radius 3 is 1.82 bits per heavy atom. The van der Waals surface area contributed by atoms with Crippen molar-refractivity contribution in [3.05, 3.63) is 30.1 Å². The van der Waals surface area contributed by atoms with E-state index in [4.69, 9.17) is 19.8 Å². The molecular weight excluding hydrogens is 604 g/mol. The molecule has 4 fully saturated rings. The molecule has 2 N–H and O–H groups in total. The SMILES string of the molecule is CN1CCC2(CN(Cc3cccnc3)CC23CCN(C(=O)N2CCCC2)CC3)C1=O.O=C(O)C(F)(F)F.O=C(O)C(F)(F)F. The zero-order chi connectivity index (χ0) is 32.9. The fourth-order valence-electron chi connectivity index (χ4n) is 6.49. The fourth-order valence-corrected chi connectivity index (χ4v) is 6.49. The van der Waals surface area contributed by atoms with Crippen LogP contribution in [-0.2, 0) is 20.9 Å². The van der Waals surface area contributed by atoms with Crippen LogP contribution in [0.5, 0.6) is 0 Å². The Labute approximate surface area is 249 Å². The van der Waals surface area contributed by atoms with E-state index in [-0.39, 0.29) is 16.9 Å². The summed E-state index contributed by atoms with van der Waals surface area (Å²) >= 11 is 0. The van der Waals surface area contributed by atoms with Crippen LogP contribution < -0.4 is 0 Å². The molecule has 4 aliphatic heterocycles. The van der Waals surface area contributed by atoms with Gasteiger partial charge in [-0.1, -0.05) is 6.07 Å². The Morgan fingerprint density at radius 1 is 0.864 bits per heavy atom. The molecule has 0 aliphatic carbocycles. The smallest absolute Gasteiger partial charge is 0.475 e. The largest absolute Gasteiger partial charge is 0.490 e. The van der Waals surface area contributed by atoms with Gasteiger partial charge in [0.15, 0.2) is 0 Å². The summed E-state index contributed by atoms with van der Waals surface area (Å²) in [7, 11) is 1.95. The van der Waals surface area contributed by atoms with Crippen molar-refractivity contribution in [3.63, 3.8) is 0 Å². The number of carboxylic acids is 2. The lowest BCUT2D eigenvalue weighted by Gasteiger charge is -2.47. The van der Waals surface area contributed by atoms with Crippen molar-refractivity contribution in [3.8, 4) is 0 Å². The van der Waals surface area contributed by atoms with Gasteiger partial charge in [0, 0.05) is 77.2 Å². The van der Waals surface area contributed by atoms with Crippen LogP contribution in [0.1, 0.15) is 37.7 Å². The highest BCUT2D eigenvalue weighted by atomic mass is 19.4. The first-order valence-electron chi connectivity index (χ1n) is 13.9. The molecule has 1 unspecified atom stereocenters. The summed E-state index contributed by atoms with van der Waals surface area (Å²) in [5, 5.41) is 14.2. The van der Waals surface area contributed by atoms with Gasteiger partial charge >= 0.3 is 30.3 Å². The van der Waals surface area contributed by atoms with Crippen LogP contribution in [0.4, 0.5) is 31.1 Å². The van der Waals surface area contributed by atoms with Crippen LogP contribution in [0.2, 0.25) is 0 Å². The van der Waals surface area contributed by atoms with E-state index in [2.05, 4.69) is 16.0 Å². The first kappa shape index (κ1) is 34.9. The molecule has 17 heteroatoms. The lowest BCUT2D eigenvalue weighted by Crippen LogP contribution is -2.55. The number of aromatic nitrogens is 1. The second-order valence-electron chi connectivity index (χ2n) is 11.4. The number of rotatable bonds is 2. The van der Waals surface area contributed by atoms with Gasteiger partial charge in [-0.25, -0.2) is 14.4 Å². The predicted molar refractivity (Wildman–Crippen MR) is 141 cm³/mol. The lowest BCUT2D eigenvalue weighted by atomic mass is 9.60. The van der Waals surface area contributed by atoms with Gasteiger partial charge in [-0.05, 0) is 43.7 Å². The molecule has 11 nitrogen and oxygen atoms in total. The molecule has 44 heavy (non-hydrogen) atoms. The maximum absolute atomic E-state index is 13.4. The Bertz CT molecular complexity index is 1160. The molecule has 1 aromatic heterocycles. The average molecular weight is 640 g/mol. The molecule has 0 saturated carbocycles. The number of carboxylic acid groups (broad SMARTS) is 2. The molecule has 3 amide bonds. The Hall–Kier alpha value is -3.63. The number of hydrogen-bond donors (Lipinski definition) is 2. The maximum atomic E-state index is 13.4. The lowest BCUT2D eigenvalue weighted by molar-refractivity contribution is -0.193. The van der Waals surface area contributed by atoms with Gasteiger partial charge in [0.2, 0.25) is 5.91 Å². The molecule has 5 rings (SSSR count). The number of hydrogen-bond acceptors (Lipinski definition) is 6. The number of nitrogens with zero attached hydrogens (tertiary/aromatic N) is 5. The summed E-state index contributed by atoms with van der Waals surface area (Å²) in [6.45, 7) is 6.78. The van der Waals surface area contributed by atoms with E-state index in [0.29, 0.717) is 5.91 Å². The van der Waals surface area contributed by atoms with Crippen molar-refractivity contribution >= 4 is 23.9 Å². The van der Waals surface area contributed by atoms with Crippen LogP contribution in [0.25, 0.3) is 0 Å². The third-order valence-corrected chi connectivity index (χ3v) is 8.65. The van der Waals surface area contributed by atoms with E-state index in [9.17, 15) is 35.9 Å². The molecule has 1 aromatic rings. The van der Waals surface area contributed by atoms with Crippen molar-refractivity contribution in [2.24, 2.45) is 10.8 Å². The molecular formula is C27H35F6N5O6. The number of likely N-dealkylation sites (tertiary alicyclic amines) is 4. The molecule has 0 radical (unpaired) electrons. The Kier molecular flexibility index (Phi) is 10.7. The predicted octanol–water partition coefficient (Wildman–Crippen LogP) is 3.31. The van der Waals surface area contributed by atoms with Gasteiger partial charge in [0.1, 0.15) is 0 Å². The summed E-state index contributed by atoms with van der Waals surface area (Å²) in [6, 6.07) is 4.30. The monoisotopic (exact) mass is 639 g/mol. The quantitative estimate of drug-likeness (QED) is 0.471. The van der Waals surface area contributed by atoms with E-state index in [1.165, 1.54) is 5.56 Å². The Balaban J connectivity index is 0.000000317. The number of piperidine rings is 1. The second kappa shape index (κ2) is 13.6. The van der Waals surface area contributed by atoms with E-state index in [1.54, 1.807) is 6.20 Å². The van der Waals surface area contributed by atoms with E-state index < -0.39 is 24.3 Å². The number of aliphatic carboxylic acids is 2. The summed E-state index contributed by atoms with van der Waals surface area (Å²) < 4.78 is 63.5. The molecule has 2 spiro atoms. The van der Waals surface area contributed by atoms with Crippen LogP contribution in [0.15, 0.2) is 24.5 Å². The normalized spacial score (nSPS) is 23.3. The van der Waals surface area contributed by atoms with Gasteiger partial charge < -0.3 is 24.9 Å². The molecule has 0 aromatic carbocycles. The highest BCUT2D eigenvalue weighted by molar-refractivity contribution is 5.86. The number of halogens is 6. The minimum Gasteiger partial charge on any atom is -0.475 e. The standard InChI is InChI=1S/C23H33N5O2.2C2HF3O2/c1-25-12-8-23(20(25)29)18-26(16-19-5-4-9-24-15-19)17-22(23)6-13-28(14-7-22)21(30)27-10-2-3-11-27;2*3-2(4,5)1(6)7/h4-5,9,15H,2-3,6-8,10-14,16-18H2,1H3;2*(H,6,7). The number of carbonyl (C=O) groups excluding carboxylic acids is 2. The number of pyridine rings is 1. The minimum atomic E-state index is -5.08. The molecule has 0 bridgehead atoms. The summed E-state index contributed by atoms with van der Waals surface area (Å²) in [5.41, 5.74) is 0.871. The van der Waals surface area contributed by atoms with E-state index >= 15 is 0 Å². The highest BCUT2D eigenvalue weighted by Crippen LogP contribution is 2.58. The third-order valence-electron chi connectivity index (χ3n) is 8.65. The maximum Gasteiger partial charge on any atom is 0.490 e. The van der Waals surface area contributed by atoms with Gasteiger partial charge in [-0.15, -0.1) is 0 Å². The van der Waals surface area contributed by atoms with Gasteiger partial charge in [-0.3, -0.25) is 14.7 Å². The summed E-state index contributed by atoms with van der Waals surface area (Å²) in [5.74, 6) is -5.20. The first-order valence-corrected chi connectivity index (χ1v) is 13.9. The summed E-state index contributed by atoms with van der Waals surface area (Å²) in [4.78, 5) is 56.8. The van der Waals surface area contributed by atoms with Crippen molar-refractivity contribution in [2.75, 3.05) is 52.9 Å². The first-order chi connectivity index (χ1) is 20.4. The minimum absolute atomic E-state index is 0.0289. The van der Waals surface area contributed by atoms with Gasteiger partial charge in [0.25, 0.3) is 0 Å². The van der Waals surface area contributed by atoms with Crippen LogP contribution in [0.3, 0.4) is 0 Å². The molecule has 1 atom stereocenters. The molecule has 4 aliphatic rings. The molecule has 4 saturated heterocycles. The third kappa shape index (κ3) is 7.90. The highest BCUT2D eigenvalue weighted by Gasteiger charge is 2.64. The molecule has 246 valence electrons. The average Bonchev–Trinajstić information content (AvgIpc) is 3.66. The van der Waals surface area contributed by atoms with Crippen molar-refractivity contribution < 1.29 is 55.7 Å². The van der Waals surface area contributed by atoms with Crippen molar-refractivity contribution in [1.29, 1.82) is 0 Å².